The van der Waals surface area contributed by atoms with E-state index >= 15 is 0 Å². The van der Waals surface area contributed by atoms with Gasteiger partial charge in [-0.1, -0.05) is 24.6 Å². The fourth-order valence-corrected chi connectivity index (χ4v) is 5.02. The molecule has 2 aromatic rings. The van der Waals surface area contributed by atoms with Gasteiger partial charge in [0.05, 0.1) is 29.6 Å². The number of hydrogen-bond acceptors (Lipinski definition) is 4. The van der Waals surface area contributed by atoms with Crippen molar-refractivity contribution in [1.82, 2.24) is 0 Å². The molecular formula is C23H21ClO4. The molecule has 5 heteroatoms. The Bertz CT molecular complexity index is 979. The number of aryl methyl sites for hydroxylation is 1. The lowest BCUT2D eigenvalue weighted by Crippen LogP contribution is -2.29. The first-order valence-corrected chi connectivity index (χ1v) is 10.1. The Kier molecular flexibility index (Phi) is 4.22. The summed E-state index contributed by atoms with van der Waals surface area (Å²) >= 11 is 5.92. The largest absolute Gasteiger partial charge is 0.511 e. The van der Waals surface area contributed by atoms with E-state index in [-0.39, 0.29) is 35.6 Å². The summed E-state index contributed by atoms with van der Waals surface area (Å²) in [5, 5.41) is 11.5. The van der Waals surface area contributed by atoms with Gasteiger partial charge in [0.2, 0.25) is 0 Å². The van der Waals surface area contributed by atoms with Crippen molar-refractivity contribution in [3.8, 4) is 11.5 Å². The Morgan fingerprint density at radius 1 is 1.07 bits per heavy atom. The summed E-state index contributed by atoms with van der Waals surface area (Å²) in [6.07, 6.45) is 2.50. The van der Waals surface area contributed by atoms with E-state index in [1.807, 2.05) is 37.3 Å². The third-order valence-electron chi connectivity index (χ3n) is 6.17. The standard InChI is InChI=1S/C23H21ClO4/c1-2-12-11-15(27-14-5-3-13(24)4-6-14)7-8-16(12)19-22(25)20-17-9-10-18(28-17)21(20)23(19)26/h3-8,11,17-18,20-21,25H,2,9-10H2,1H3/t17-,18+,20+,21-/m0/s1. The molecule has 0 amide bonds. The third-order valence-corrected chi connectivity index (χ3v) is 6.42. The van der Waals surface area contributed by atoms with E-state index in [1.54, 1.807) is 12.1 Å². The lowest BCUT2D eigenvalue weighted by atomic mass is 9.80. The number of benzene rings is 2. The average molecular weight is 397 g/mol. The first kappa shape index (κ1) is 17.8. The van der Waals surface area contributed by atoms with Gasteiger partial charge in [0.1, 0.15) is 17.3 Å². The molecule has 4 atom stereocenters. The highest BCUT2D eigenvalue weighted by Crippen LogP contribution is 2.53. The molecule has 4 nitrogen and oxygen atoms in total. The van der Waals surface area contributed by atoms with E-state index in [9.17, 15) is 9.90 Å². The Labute approximate surface area is 168 Å². The van der Waals surface area contributed by atoms with Crippen molar-refractivity contribution in [2.24, 2.45) is 11.8 Å². The smallest absolute Gasteiger partial charge is 0.173 e. The maximum Gasteiger partial charge on any atom is 0.173 e. The fourth-order valence-electron chi connectivity index (χ4n) is 4.90. The van der Waals surface area contributed by atoms with Crippen LogP contribution in [0.5, 0.6) is 11.5 Å². The Balaban J connectivity index is 1.49. The van der Waals surface area contributed by atoms with Crippen molar-refractivity contribution in [2.75, 3.05) is 0 Å². The highest BCUT2D eigenvalue weighted by Gasteiger charge is 2.59. The van der Waals surface area contributed by atoms with E-state index in [2.05, 4.69) is 0 Å². The van der Waals surface area contributed by atoms with Crippen molar-refractivity contribution in [2.45, 2.75) is 38.4 Å². The molecular weight excluding hydrogens is 376 g/mol. The van der Waals surface area contributed by atoms with E-state index in [4.69, 9.17) is 21.1 Å². The molecule has 2 bridgehead atoms. The van der Waals surface area contributed by atoms with E-state index in [0.29, 0.717) is 22.1 Å². The van der Waals surface area contributed by atoms with Crippen LogP contribution >= 0.6 is 11.6 Å². The van der Waals surface area contributed by atoms with Crippen LogP contribution in [-0.2, 0) is 16.0 Å². The summed E-state index contributed by atoms with van der Waals surface area (Å²) in [5.74, 6) is 1.23. The summed E-state index contributed by atoms with van der Waals surface area (Å²) in [6, 6.07) is 12.9. The van der Waals surface area contributed by atoms with Crippen molar-refractivity contribution in [3.05, 3.63) is 64.4 Å². The predicted molar refractivity (Wildman–Crippen MR) is 107 cm³/mol. The molecule has 2 aromatic carbocycles. The van der Waals surface area contributed by atoms with Crippen LogP contribution in [0.2, 0.25) is 5.02 Å². The van der Waals surface area contributed by atoms with Gasteiger partial charge in [0, 0.05) is 5.02 Å². The Hall–Kier alpha value is -2.30. The van der Waals surface area contributed by atoms with Crippen LogP contribution in [0.25, 0.3) is 5.57 Å². The van der Waals surface area contributed by atoms with Crippen LogP contribution in [0.3, 0.4) is 0 Å². The van der Waals surface area contributed by atoms with Crippen LogP contribution in [0, 0.1) is 11.8 Å². The number of allylic oxidation sites excluding steroid dienone is 1. The maximum atomic E-state index is 13.1. The summed E-state index contributed by atoms with van der Waals surface area (Å²) in [4.78, 5) is 13.1. The molecule has 2 heterocycles. The van der Waals surface area contributed by atoms with Gasteiger partial charge in [0.15, 0.2) is 5.78 Å². The van der Waals surface area contributed by atoms with Gasteiger partial charge in [-0.05, 0) is 66.8 Å². The monoisotopic (exact) mass is 396 g/mol. The second-order valence-corrected chi connectivity index (χ2v) is 8.13. The Morgan fingerprint density at radius 2 is 1.75 bits per heavy atom. The zero-order valence-corrected chi connectivity index (χ0v) is 16.3. The number of hydrogen-bond donors (Lipinski definition) is 1. The minimum absolute atomic E-state index is 0.0194. The quantitative estimate of drug-likeness (QED) is 0.757. The van der Waals surface area contributed by atoms with E-state index in [0.717, 1.165) is 30.4 Å². The van der Waals surface area contributed by atoms with Gasteiger partial charge in [-0.25, -0.2) is 0 Å². The third kappa shape index (κ3) is 2.66. The van der Waals surface area contributed by atoms with Gasteiger partial charge in [-0.3, -0.25) is 4.79 Å². The number of carbonyl (C=O) groups is 1. The van der Waals surface area contributed by atoms with Crippen molar-refractivity contribution in [3.63, 3.8) is 0 Å². The molecule has 3 aliphatic rings. The minimum Gasteiger partial charge on any atom is -0.511 e. The van der Waals surface area contributed by atoms with Gasteiger partial charge in [0.25, 0.3) is 0 Å². The number of rotatable bonds is 4. The number of aliphatic hydroxyl groups excluding tert-OH is 1. The first-order valence-electron chi connectivity index (χ1n) is 9.76. The molecule has 1 aliphatic carbocycles. The molecule has 0 radical (unpaired) electrons. The summed E-state index contributed by atoms with van der Waals surface area (Å²) in [6.45, 7) is 2.04. The molecule has 0 spiro atoms. The van der Waals surface area contributed by atoms with Gasteiger partial charge < -0.3 is 14.6 Å². The summed E-state index contributed by atoms with van der Waals surface area (Å²) in [7, 11) is 0. The zero-order chi connectivity index (χ0) is 19.4. The number of ether oxygens (including phenoxy) is 2. The average Bonchev–Trinajstić information content (AvgIpc) is 3.38. The number of carbonyl (C=O) groups excluding carboxylic acids is 1. The maximum absolute atomic E-state index is 13.1. The van der Waals surface area contributed by atoms with Crippen molar-refractivity contribution in [1.29, 1.82) is 0 Å². The number of ketones is 1. The van der Waals surface area contributed by atoms with Gasteiger partial charge in [-0.2, -0.15) is 0 Å². The Morgan fingerprint density at radius 3 is 2.43 bits per heavy atom. The van der Waals surface area contributed by atoms with Gasteiger partial charge >= 0.3 is 0 Å². The molecule has 2 fully saturated rings. The van der Waals surface area contributed by atoms with Crippen LogP contribution in [0.15, 0.2) is 48.2 Å². The molecule has 0 saturated carbocycles. The van der Waals surface area contributed by atoms with E-state index < -0.39 is 0 Å². The number of fused-ring (bicyclic) bond motifs is 5. The molecule has 2 aliphatic heterocycles. The summed E-state index contributed by atoms with van der Waals surface area (Å²) < 4.78 is 11.8. The molecule has 144 valence electrons. The molecule has 5 rings (SSSR count). The lowest BCUT2D eigenvalue weighted by molar-refractivity contribution is -0.118. The van der Waals surface area contributed by atoms with E-state index in [1.165, 1.54) is 0 Å². The van der Waals surface area contributed by atoms with Gasteiger partial charge in [-0.15, -0.1) is 0 Å². The lowest BCUT2D eigenvalue weighted by Gasteiger charge is -2.19. The number of aliphatic hydroxyl groups is 1. The molecule has 2 saturated heterocycles. The zero-order valence-electron chi connectivity index (χ0n) is 15.5. The minimum atomic E-state index is -0.219. The fraction of sp³-hybridized carbons (Fsp3) is 0.348. The van der Waals surface area contributed by atoms with Crippen LogP contribution in [0.1, 0.15) is 30.9 Å². The highest BCUT2D eigenvalue weighted by atomic mass is 35.5. The first-order chi connectivity index (χ1) is 13.6. The SMILES string of the molecule is CCc1cc(Oc2ccc(Cl)cc2)ccc1C1=C(O)[C@H]2[C@@H](C1=O)[C@H]1CC[C@@H]2O1. The highest BCUT2D eigenvalue weighted by molar-refractivity contribution is 6.30. The number of Topliss-reactive ketones (excluding diaryl/α,β-unsaturated/α-hetero) is 1. The molecule has 1 N–H and O–H groups in total. The second-order valence-electron chi connectivity index (χ2n) is 7.69. The van der Waals surface area contributed by atoms with Crippen LogP contribution in [0.4, 0.5) is 0 Å². The topological polar surface area (TPSA) is 55.8 Å². The normalized spacial score (nSPS) is 28.1. The molecule has 0 aromatic heterocycles. The van der Waals surface area contributed by atoms with Crippen molar-refractivity contribution < 1.29 is 19.4 Å². The molecule has 0 unspecified atom stereocenters. The molecule has 28 heavy (non-hydrogen) atoms. The number of halogens is 1. The van der Waals surface area contributed by atoms with Crippen LogP contribution in [-0.4, -0.2) is 23.1 Å². The second kappa shape index (κ2) is 6.64. The summed E-state index contributed by atoms with van der Waals surface area (Å²) in [5.41, 5.74) is 2.27. The van der Waals surface area contributed by atoms with Crippen molar-refractivity contribution >= 4 is 23.0 Å². The predicted octanol–water partition coefficient (Wildman–Crippen LogP) is 5.34. The van der Waals surface area contributed by atoms with Crippen LogP contribution < -0.4 is 4.74 Å².